The molecule has 5 nitrogen and oxygen atoms in total. The van der Waals surface area contributed by atoms with Gasteiger partial charge in [0.25, 0.3) is 0 Å². The molecule has 1 saturated heterocycles. The zero-order valence-corrected chi connectivity index (χ0v) is 13.9. The number of para-hydroxylation sites is 1. The number of hydrogen-bond donors (Lipinski definition) is 1. The zero-order chi connectivity index (χ0) is 18.6. The Labute approximate surface area is 148 Å². The van der Waals surface area contributed by atoms with Crippen LogP contribution >= 0.6 is 0 Å². The van der Waals surface area contributed by atoms with Gasteiger partial charge in [-0.15, -0.1) is 0 Å². The van der Waals surface area contributed by atoms with E-state index in [-0.39, 0.29) is 43.0 Å². The monoisotopic (exact) mass is 368 g/mol. The quantitative estimate of drug-likeness (QED) is 0.888. The van der Waals surface area contributed by atoms with E-state index < -0.39 is 18.5 Å². The first kappa shape index (κ1) is 17.3. The molecule has 1 aliphatic carbocycles. The summed E-state index contributed by atoms with van der Waals surface area (Å²) < 4.78 is 38.1. The van der Waals surface area contributed by atoms with Crippen LogP contribution in [0.5, 0.6) is 0 Å². The van der Waals surface area contributed by atoms with Crippen LogP contribution in [-0.4, -0.2) is 53.2 Å². The molecule has 8 heteroatoms. The number of halogens is 3. The average molecular weight is 368 g/mol. The van der Waals surface area contributed by atoms with Crippen LogP contribution in [0.25, 0.3) is 0 Å². The lowest BCUT2D eigenvalue weighted by molar-refractivity contribution is -0.156. The molecule has 2 fully saturated rings. The number of nitrogens with zero attached hydrogens (tertiary/aromatic N) is 2. The number of aliphatic hydroxyl groups is 1. The van der Waals surface area contributed by atoms with E-state index in [0.717, 1.165) is 23.3 Å². The van der Waals surface area contributed by atoms with Crippen molar-refractivity contribution < 1.29 is 27.9 Å². The van der Waals surface area contributed by atoms with Crippen LogP contribution in [0.15, 0.2) is 24.3 Å². The van der Waals surface area contributed by atoms with Gasteiger partial charge in [-0.25, -0.2) is 0 Å². The number of likely N-dealkylation sites (tertiary alicyclic amines) is 1. The van der Waals surface area contributed by atoms with E-state index in [1.54, 1.807) is 29.2 Å². The number of carbonyl (C=O) groups excluding carboxylic acids is 2. The summed E-state index contributed by atoms with van der Waals surface area (Å²) in [6.07, 6.45) is -4.51. The van der Waals surface area contributed by atoms with Gasteiger partial charge in [0.1, 0.15) is 6.42 Å². The van der Waals surface area contributed by atoms with E-state index >= 15 is 0 Å². The predicted octanol–water partition coefficient (Wildman–Crippen LogP) is 2.05. The number of fused-ring (bicyclic) bond motifs is 3. The lowest BCUT2D eigenvalue weighted by Crippen LogP contribution is -2.71. The molecule has 140 valence electrons. The Kier molecular flexibility index (Phi) is 3.98. The highest BCUT2D eigenvalue weighted by Crippen LogP contribution is 2.50. The molecule has 0 bridgehead atoms. The molecule has 2 aliphatic heterocycles. The second-order valence-corrected chi connectivity index (χ2v) is 7.22. The first-order valence-corrected chi connectivity index (χ1v) is 8.71. The highest BCUT2D eigenvalue weighted by atomic mass is 19.4. The van der Waals surface area contributed by atoms with Gasteiger partial charge in [-0.2, -0.15) is 13.2 Å². The predicted molar refractivity (Wildman–Crippen MR) is 86.4 cm³/mol. The number of rotatable bonds is 3. The van der Waals surface area contributed by atoms with Crippen LogP contribution in [0.3, 0.4) is 0 Å². The molecule has 0 spiro atoms. The Morgan fingerprint density at radius 3 is 2.50 bits per heavy atom. The van der Waals surface area contributed by atoms with E-state index in [4.69, 9.17) is 0 Å². The molecule has 1 aromatic carbocycles. The van der Waals surface area contributed by atoms with Crippen molar-refractivity contribution in [3.63, 3.8) is 0 Å². The Morgan fingerprint density at radius 1 is 1.19 bits per heavy atom. The number of hydrogen-bond acceptors (Lipinski definition) is 3. The van der Waals surface area contributed by atoms with Gasteiger partial charge in [0.2, 0.25) is 11.8 Å². The van der Waals surface area contributed by atoms with Gasteiger partial charge in [0.15, 0.2) is 0 Å². The smallest absolute Gasteiger partial charge is 0.394 e. The van der Waals surface area contributed by atoms with E-state index in [1.807, 2.05) is 0 Å². The Morgan fingerprint density at radius 2 is 1.88 bits per heavy atom. The van der Waals surface area contributed by atoms with Crippen LogP contribution in [0.1, 0.15) is 30.7 Å². The first-order chi connectivity index (χ1) is 12.3. The number of aliphatic hydroxyl groups excluding tert-OH is 1. The number of carbonyl (C=O) groups is 2. The number of anilines is 1. The van der Waals surface area contributed by atoms with Gasteiger partial charge in [-0.1, -0.05) is 18.2 Å². The molecule has 26 heavy (non-hydrogen) atoms. The maximum atomic E-state index is 12.7. The highest BCUT2D eigenvalue weighted by Gasteiger charge is 2.57. The van der Waals surface area contributed by atoms with Crippen LogP contribution < -0.4 is 4.90 Å². The molecule has 1 aromatic rings. The lowest BCUT2D eigenvalue weighted by Gasteiger charge is -2.59. The van der Waals surface area contributed by atoms with Crippen molar-refractivity contribution in [1.29, 1.82) is 0 Å². The van der Waals surface area contributed by atoms with Gasteiger partial charge in [-0.05, 0) is 24.5 Å². The first-order valence-electron chi connectivity index (χ1n) is 8.71. The molecule has 3 atom stereocenters. The minimum absolute atomic E-state index is 0.0333. The lowest BCUT2D eigenvalue weighted by atomic mass is 9.71. The number of alkyl halides is 3. The summed E-state index contributed by atoms with van der Waals surface area (Å²) >= 11 is 0. The Bertz CT molecular complexity index is 747. The second kappa shape index (κ2) is 5.97. The van der Waals surface area contributed by atoms with E-state index in [1.165, 1.54) is 0 Å². The SMILES string of the molecule is O=C(CC(F)(F)F)N1C[C@H]2[C@@H](c3ccccc31)[C@@H](CO)N2C(=O)C1CC1. The van der Waals surface area contributed by atoms with Gasteiger partial charge >= 0.3 is 6.18 Å². The highest BCUT2D eigenvalue weighted by molar-refractivity contribution is 5.96. The van der Waals surface area contributed by atoms with Crippen molar-refractivity contribution in [3.05, 3.63) is 29.8 Å². The maximum absolute atomic E-state index is 12.7. The molecule has 1 N–H and O–H groups in total. The molecule has 0 aromatic heterocycles. The molecule has 0 radical (unpaired) electrons. The molecule has 2 amide bonds. The van der Waals surface area contributed by atoms with Crippen molar-refractivity contribution in [2.45, 2.75) is 43.4 Å². The van der Waals surface area contributed by atoms with Crippen LogP contribution in [0.2, 0.25) is 0 Å². The van der Waals surface area contributed by atoms with E-state index in [9.17, 15) is 27.9 Å². The fourth-order valence-electron chi connectivity index (χ4n) is 4.24. The maximum Gasteiger partial charge on any atom is 0.397 e. The molecular formula is C18H19F3N2O3. The van der Waals surface area contributed by atoms with Gasteiger partial charge in [-0.3, -0.25) is 9.59 Å². The Hall–Kier alpha value is -2.09. The summed E-state index contributed by atoms with van der Waals surface area (Å²) in [5.41, 5.74) is 1.16. The minimum Gasteiger partial charge on any atom is -0.394 e. The fourth-order valence-corrected chi connectivity index (χ4v) is 4.24. The van der Waals surface area contributed by atoms with Crippen molar-refractivity contribution in [2.75, 3.05) is 18.1 Å². The Balaban J connectivity index is 1.67. The normalized spacial score (nSPS) is 27.5. The molecule has 3 aliphatic rings. The van der Waals surface area contributed by atoms with Crippen LogP contribution in [-0.2, 0) is 9.59 Å². The fraction of sp³-hybridized carbons (Fsp3) is 0.556. The van der Waals surface area contributed by atoms with E-state index in [0.29, 0.717) is 5.69 Å². The van der Waals surface area contributed by atoms with Crippen LogP contribution in [0.4, 0.5) is 18.9 Å². The third kappa shape index (κ3) is 2.76. The standard InChI is InChI=1S/C18H19F3N2O3/c19-18(20,21)7-15(25)22-8-13-16(11-3-1-2-4-12(11)22)14(9-24)23(13)17(26)10-5-6-10/h1-4,10,13-14,16,24H,5-9H2/t13-,14+,16+/m0/s1. The summed E-state index contributed by atoms with van der Waals surface area (Å²) in [5, 5.41) is 9.78. The van der Waals surface area contributed by atoms with Crippen molar-refractivity contribution in [2.24, 2.45) is 5.92 Å². The van der Waals surface area contributed by atoms with Crippen molar-refractivity contribution >= 4 is 17.5 Å². The molecular weight excluding hydrogens is 349 g/mol. The topological polar surface area (TPSA) is 60.9 Å². The summed E-state index contributed by atoms with van der Waals surface area (Å²) in [6.45, 7) is -0.171. The van der Waals surface area contributed by atoms with Gasteiger partial charge in [0, 0.05) is 24.1 Å². The van der Waals surface area contributed by atoms with Gasteiger partial charge < -0.3 is 14.9 Å². The third-order valence-corrected chi connectivity index (χ3v) is 5.52. The molecule has 0 unspecified atom stereocenters. The second-order valence-electron chi connectivity index (χ2n) is 7.22. The molecule has 2 heterocycles. The minimum atomic E-state index is -4.58. The van der Waals surface area contributed by atoms with Crippen molar-refractivity contribution in [1.82, 2.24) is 4.90 Å². The summed E-state index contributed by atoms with van der Waals surface area (Å²) in [4.78, 5) is 27.6. The number of benzene rings is 1. The van der Waals surface area contributed by atoms with Crippen LogP contribution in [0, 0.1) is 5.92 Å². The summed E-state index contributed by atoms with van der Waals surface area (Å²) in [7, 11) is 0. The largest absolute Gasteiger partial charge is 0.397 e. The summed E-state index contributed by atoms with van der Waals surface area (Å²) in [6, 6.07) is 6.06. The van der Waals surface area contributed by atoms with Crippen molar-refractivity contribution in [3.8, 4) is 0 Å². The zero-order valence-electron chi connectivity index (χ0n) is 13.9. The summed E-state index contributed by atoms with van der Waals surface area (Å²) in [5.74, 6) is -1.29. The average Bonchev–Trinajstić information content (AvgIpc) is 3.38. The molecule has 4 rings (SSSR count). The third-order valence-electron chi connectivity index (χ3n) is 5.52. The van der Waals surface area contributed by atoms with Gasteiger partial charge in [0.05, 0.1) is 18.7 Å². The van der Waals surface area contributed by atoms with E-state index in [2.05, 4.69) is 0 Å². The molecule has 1 saturated carbocycles. The number of amides is 2.